The highest BCUT2D eigenvalue weighted by atomic mass is 32.2. The maximum Gasteiger partial charge on any atom is 0.248 e. The van der Waals surface area contributed by atoms with Crippen molar-refractivity contribution in [3.05, 3.63) is 29.6 Å². The topological polar surface area (TPSA) is 96.0 Å². The van der Waals surface area contributed by atoms with Crippen LogP contribution >= 0.6 is 0 Å². The summed E-state index contributed by atoms with van der Waals surface area (Å²) in [6, 6.07) is -0.287. The molecular formula is C11H14F3N3O3S. The number of sulfonamides is 1. The third-order valence-electron chi connectivity index (χ3n) is 2.85. The van der Waals surface area contributed by atoms with Crippen LogP contribution in [0.4, 0.5) is 13.2 Å². The molecule has 0 amide bonds. The minimum atomic E-state index is -4.55. The summed E-state index contributed by atoms with van der Waals surface area (Å²) in [5.74, 6) is -4.54. The largest absolute Gasteiger partial charge is 0.409 e. The molecule has 118 valence electrons. The van der Waals surface area contributed by atoms with Crippen molar-refractivity contribution in [1.29, 1.82) is 0 Å². The third-order valence-corrected chi connectivity index (χ3v) is 4.88. The van der Waals surface area contributed by atoms with E-state index in [9.17, 15) is 21.6 Å². The van der Waals surface area contributed by atoms with E-state index < -0.39 is 38.4 Å². The van der Waals surface area contributed by atoms with Gasteiger partial charge in [0.25, 0.3) is 0 Å². The van der Waals surface area contributed by atoms with Gasteiger partial charge in [-0.1, -0.05) is 5.16 Å². The minimum absolute atomic E-state index is 0.156. The highest BCUT2D eigenvalue weighted by Gasteiger charge is 2.32. The lowest BCUT2D eigenvalue weighted by molar-refractivity contribution is 0.313. The van der Waals surface area contributed by atoms with E-state index in [-0.39, 0.29) is 24.4 Å². The first kappa shape index (κ1) is 17.2. The van der Waals surface area contributed by atoms with Crippen LogP contribution in [0.25, 0.3) is 0 Å². The van der Waals surface area contributed by atoms with Gasteiger partial charge in [0.2, 0.25) is 10.0 Å². The van der Waals surface area contributed by atoms with Crippen LogP contribution in [-0.2, 0) is 10.0 Å². The van der Waals surface area contributed by atoms with E-state index >= 15 is 0 Å². The fraction of sp³-hybridized carbons (Fsp3) is 0.364. The Morgan fingerprint density at radius 1 is 1.38 bits per heavy atom. The van der Waals surface area contributed by atoms with Crippen LogP contribution in [0.15, 0.2) is 22.2 Å². The average molecular weight is 325 g/mol. The molecule has 10 heteroatoms. The molecule has 3 N–H and O–H groups in total. The van der Waals surface area contributed by atoms with Crippen molar-refractivity contribution in [3.63, 3.8) is 0 Å². The van der Waals surface area contributed by atoms with E-state index in [0.717, 1.165) is 7.05 Å². The molecule has 0 aliphatic rings. The maximum absolute atomic E-state index is 13.6. The lowest BCUT2D eigenvalue weighted by atomic mass is 10.2. The van der Waals surface area contributed by atoms with Crippen LogP contribution in [0, 0.1) is 17.5 Å². The fourth-order valence-electron chi connectivity index (χ4n) is 1.63. The first-order valence-corrected chi connectivity index (χ1v) is 7.14. The van der Waals surface area contributed by atoms with Crippen molar-refractivity contribution in [2.45, 2.75) is 24.3 Å². The van der Waals surface area contributed by atoms with Gasteiger partial charge in [-0.15, -0.1) is 0 Å². The van der Waals surface area contributed by atoms with Crippen molar-refractivity contribution in [2.75, 3.05) is 7.05 Å². The number of benzene rings is 1. The second kappa shape index (κ2) is 6.31. The number of oxime groups is 1. The Balaban J connectivity index is 3.23. The Morgan fingerprint density at radius 2 is 1.86 bits per heavy atom. The third kappa shape index (κ3) is 3.64. The van der Waals surface area contributed by atoms with Crippen LogP contribution in [0.2, 0.25) is 0 Å². The zero-order valence-corrected chi connectivity index (χ0v) is 12.0. The molecule has 1 rings (SSSR count). The van der Waals surface area contributed by atoms with Gasteiger partial charge in [0, 0.05) is 31.6 Å². The lowest BCUT2D eigenvalue weighted by Crippen LogP contribution is -2.38. The van der Waals surface area contributed by atoms with Gasteiger partial charge in [-0.2, -0.15) is 4.31 Å². The molecule has 0 aromatic heterocycles. The van der Waals surface area contributed by atoms with E-state index in [4.69, 9.17) is 10.9 Å². The van der Waals surface area contributed by atoms with Gasteiger partial charge in [0.15, 0.2) is 4.90 Å². The highest BCUT2D eigenvalue weighted by Crippen LogP contribution is 2.24. The van der Waals surface area contributed by atoms with E-state index in [1.165, 1.54) is 6.92 Å². The van der Waals surface area contributed by atoms with Crippen LogP contribution in [0.1, 0.15) is 13.3 Å². The SMILES string of the molecule is CC(CC(N)=NO)N(C)S(=O)(=O)c1c(F)cc(F)cc1F. The standard InChI is InChI=1S/C11H14F3N3O3S/c1-6(3-10(15)16-18)17(2)21(19,20)11-8(13)4-7(12)5-9(11)14/h4-6,18H,3H2,1-2H3,(H2,15,16). The molecule has 0 fully saturated rings. The van der Waals surface area contributed by atoms with E-state index in [1.807, 2.05) is 0 Å². The summed E-state index contributed by atoms with van der Waals surface area (Å²) in [4.78, 5) is -1.25. The van der Waals surface area contributed by atoms with Crippen molar-refractivity contribution in [2.24, 2.45) is 10.9 Å². The van der Waals surface area contributed by atoms with Crippen molar-refractivity contribution < 1.29 is 26.8 Å². The van der Waals surface area contributed by atoms with Gasteiger partial charge in [0.1, 0.15) is 23.3 Å². The Morgan fingerprint density at radius 3 is 2.29 bits per heavy atom. The van der Waals surface area contributed by atoms with E-state index in [0.29, 0.717) is 4.31 Å². The molecule has 0 radical (unpaired) electrons. The Hall–Kier alpha value is -1.81. The Bertz CT molecular complexity index is 641. The Kier molecular flexibility index (Phi) is 5.18. The number of amidine groups is 1. The molecule has 0 spiro atoms. The van der Waals surface area contributed by atoms with Crippen molar-refractivity contribution in [1.82, 2.24) is 4.31 Å². The molecule has 1 aromatic carbocycles. The number of rotatable bonds is 5. The maximum atomic E-state index is 13.6. The molecule has 6 nitrogen and oxygen atoms in total. The van der Waals surface area contributed by atoms with Crippen molar-refractivity contribution >= 4 is 15.9 Å². The number of hydrogen-bond acceptors (Lipinski definition) is 4. The van der Waals surface area contributed by atoms with Crippen LogP contribution in [0.5, 0.6) is 0 Å². The molecule has 1 unspecified atom stereocenters. The molecular weight excluding hydrogens is 311 g/mol. The monoisotopic (exact) mass is 325 g/mol. The smallest absolute Gasteiger partial charge is 0.248 e. The van der Waals surface area contributed by atoms with E-state index in [2.05, 4.69) is 5.16 Å². The molecule has 0 saturated heterocycles. The predicted octanol–water partition coefficient (Wildman–Crippen LogP) is 1.25. The zero-order valence-electron chi connectivity index (χ0n) is 11.2. The van der Waals surface area contributed by atoms with E-state index in [1.54, 1.807) is 0 Å². The number of hydrogen-bond donors (Lipinski definition) is 2. The highest BCUT2D eigenvalue weighted by molar-refractivity contribution is 7.89. The molecule has 0 heterocycles. The van der Waals surface area contributed by atoms with Gasteiger partial charge in [-0.05, 0) is 6.92 Å². The molecule has 1 atom stereocenters. The summed E-state index contributed by atoms with van der Waals surface area (Å²) < 4.78 is 65.0. The fourth-order valence-corrected chi connectivity index (χ4v) is 3.08. The number of halogens is 3. The van der Waals surface area contributed by atoms with Gasteiger partial charge in [-0.3, -0.25) is 0 Å². The summed E-state index contributed by atoms with van der Waals surface area (Å²) in [7, 11) is -3.47. The molecule has 21 heavy (non-hydrogen) atoms. The van der Waals surface area contributed by atoms with Gasteiger partial charge >= 0.3 is 0 Å². The number of nitrogens with zero attached hydrogens (tertiary/aromatic N) is 2. The number of nitrogens with two attached hydrogens (primary N) is 1. The molecule has 1 aromatic rings. The average Bonchev–Trinajstić information content (AvgIpc) is 2.35. The summed E-state index contributed by atoms with van der Waals surface area (Å²) in [5.41, 5.74) is 5.25. The predicted molar refractivity (Wildman–Crippen MR) is 68.8 cm³/mol. The lowest BCUT2D eigenvalue weighted by Gasteiger charge is -2.24. The minimum Gasteiger partial charge on any atom is -0.409 e. The molecule has 0 saturated carbocycles. The van der Waals surface area contributed by atoms with Crippen LogP contribution < -0.4 is 5.73 Å². The van der Waals surface area contributed by atoms with Gasteiger partial charge in [0.05, 0.1) is 0 Å². The van der Waals surface area contributed by atoms with Gasteiger partial charge < -0.3 is 10.9 Å². The second-order valence-corrected chi connectivity index (χ2v) is 6.30. The first-order valence-electron chi connectivity index (χ1n) is 5.70. The van der Waals surface area contributed by atoms with Crippen LogP contribution in [-0.4, -0.2) is 36.9 Å². The van der Waals surface area contributed by atoms with Crippen LogP contribution in [0.3, 0.4) is 0 Å². The summed E-state index contributed by atoms with van der Waals surface area (Å²) in [6.45, 7) is 1.40. The molecule has 0 aliphatic carbocycles. The summed E-state index contributed by atoms with van der Waals surface area (Å²) >= 11 is 0. The molecule has 0 bridgehead atoms. The Labute approximate surface area is 119 Å². The molecule has 0 aliphatic heterocycles. The van der Waals surface area contributed by atoms with Crippen molar-refractivity contribution in [3.8, 4) is 0 Å². The second-order valence-electron chi connectivity index (χ2n) is 4.36. The quantitative estimate of drug-likeness (QED) is 0.368. The normalized spacial score (nSPS) is 14.5. The zero-order chi connectivity index (χ0) is 16.4. The summed E-state index contributed by atoms with van der Waals surface area (Å²) in [6.07, 6.45) is -0.156. The summed E-state index contributed by atoms with van der Waals surface area (Å²) in [5, 5.41) is 11.1. The van der Waals surface area contributed by atoms with Gasteiger partial charge in [-0.25, -0.2) is 21.6 Å². The first-order chi connectivity index (χ1) is 9.61.